The van der Waals surface area contributed by atoms with Crippen LogP contribution >= 0.6 is 11.8 Å². The van der Waals surface area contributed by atoms with Gasteiger partial charge in [-0.3, -0.25) is 9.59 Å². The second kappa shape index (κ2) is 9.93. The molecule has 186 valence electrons. The number of nitrogens with two attached hydrogens (primary N) is 1. The molecule has 2 aromatic rings. The van der Waals surface area contributed by atoms with Crippen molar-refractivity contribution in [3.8, 4) is 0 Å². The predicted molar refractivity (Wildman–Crippen MR) is 125 cm³/mol. The number of primary amides is 1. The highest BCUT2D eigenvalue weighted by Crippen LogP contribution is 2.42. The van der Waals surface area contributed by atoms with E-state index in [1.807, 2.05) is 4.90 Å². The minimum absolute atomic E-state index is 0.128. The molecule has 2 N–H and O–H groups in total. The van der Waals surface area contributed by atoms with Crippen LogP contribution in [0.4, 0.5) is 17.6 Å². The largest absolute Gasteiger partial charge is 0.416 e. The molecule has 2 atom stereocenters. The molecule has 4 rings (SSSR count). The van der Waals surface area contributed by atoms with Crippen molar-refractivity contribution in [1.29, 1.82) is 0 Å². The lowest BCUT2D eigenvalue weighted by Crippen LogP contribution is -2.51. The van der Waals surface area contributed by atoms with Crippen molar-refractivity contribution < 1.29 is 27.2 Å². The van der Waals surface area contributed by atoms with E-state index in [0.717, 1.165) is 12.1 Å². The SMILES string of the molecule is CC1=C(C(N)=O)SC(N2CCCC(Cc3ccc(C(F)(F)F)cc3)C2=O)N1Cc1cccc(F)c1. The Morgan fingerprint density at radius 2 is 1.86 bits per heavy atom. The molecule has 0 bridgehead atoms. The van der Waals surface area contributed by atoms with Gasteiger partial charge in [-0.1, -0.05) is 36.0 Å². The highest BCUT2D eigenvalue weighted by Gasteiger charge is 2.42. The summed E-state index contributed by atoms with van der Waals surface area (Å²) in [4.78, 5) is 29.5. The molecule has 2 aromatic carbocycles. The van der Waals surface area contributed by atoms with Gasteiger partial charge in [-0.15, -0.1) is 0 Å². The van der Waals surface area contributed by atoms with Gasteiger partial charge in [0.25, 0.3) is 5.91 Å². The maximum absolute atomic E-state index is 13.8. The summed E-state index contributed by atoms with van der Waals surface area (Å²) in [7, 11) is 0. The summed E-state index contributed by atoms with van der Waals surface area (Å²) in [6.07, 6.45) is -2.76. The van der Waals surface area contributed by atoms with Crippen molar-refractivity contribution in [2.45, 2.75) is 44.4 Å². The molecule has 5 nitrogen and oxygen atoms in total. The number of alkyl halides is 3. The molecule has 2 heterocycles. The molecule has 35 heavy (non-hydrogen) atoms. The van der Waals surface area contributed by atoms with E-state index in [4.69, 9.17) is 5.73 Å². The van der Waals surface area contributed by atoms with Crippen molar-refractivity contribution >= 4 is 23.6 Å². The van der Waals surface area contributed by atoms with E-state index >= 15 is 0 Å². The third-order valence-electron chi connectivity index (χ3n) is 6.33. The Labute approximate surface area is 204 Å². The van der Waals surface area contributed by atoms with Crippen LogP contribution in [0.5, 0.6) is 0 Å². The van der Waals surface area contributed by atoms with Crippen molar-refractivity contribution in [2.24, 2.45) is 11.7 Å². The minimum Gasteiger partial charge on any atom is -0.365 e. The van der Waals surface area contributed by atoms with Gasteiger partial charge in [0.1, 0.15) is 5.82 Å². The second-order valence-electron chi connectivity index (χ2n) is 8.75. The molecule has 0 aliphatic carbocycles. The zero-order chi connectivity index (χ0) is 25.3. The van der Waals surface area contributed by atoms with Crippen molar-refractivity contribution in [3.05, 3.63) is 81.6 Å². The van der Waals surface area contributed by atoms with Crippen LogP contribution in [0.25, 0.3) is 0 Å². The lowest BCUT2D eigenvalue weighted by atomic mass is 9.90. The van der Waals surface area contributed by atoms with E-state index in [-0.39, 0.29) is 18.3 Å². The Bertz CT molecular complexity index is 1150. The molecule has 1 saturated heterocycles. The third kappa shape index (κ3) is 5.47. The van der Waals surface area contributed by atoms with Gasteiger partial charge in [0.05, 0.1) is 10.5 Å². The minimum atomic E-state index is -4.41. The number of nitrogens with zero attached hydrogens (tertiary/aromatic N) is 2. The highest BCUT2D eigenvalue weighted by molar-refractivity contribution is 8.04. The first-order chi connectivity index (χ1) is 16.5. The molecule has 0 spiro atoms. The van der Waals surface area contributed by atoms with Gasteiger partial charge in [-0.2, -0.15) is 13.2 Å². The van der Waals surface area contributed by atoms with Crippen molar-refractivity contribution in [2.75, 3.05) is 6.54 Å². The number of carbonyl (C=O) groups is 2. The number of thioether (sulfide) groups is 1. The number of amides is 2. The topological polar surface area (TPSA) is 66.6 Å². The van der Waals surface area contributed by atoms with E-state index < -0.39 is 29.1 Å². The molecular weight excluding hydrogens is 482 g/mol. The molecule has 2 aliphatic heterocycles. The molecule has 0 aromatic heterocycles. The van der Waals surface area contributed by atoms with Gasteiger partial charge in [0.2, 0.25) is 5.91 Å². The maximum atomic E-state index is 13.8. The average Bonchev–Trinajstić information content (AvgIpc) is 3.11. The molecular formula is C25H25F4N3O2S. The zero-order valence-corrected chi connectivity index (χ0v) is 19.8. The summed E-state index contributed by atoms with van der Waals surface area (Å²) in [5.74, 6) is -1.50. The number of hydrogen-bond donors (Lipinski definition) is 1. The Morgan fingerprint density at radius 1 is 1.14 bits per heavy atom. The standard InChI is InChI=1S/C25H25F4N3O2S/c1-15-21(22(30)33)35-24(32(15)14-17-4-2-6-20(26)13-17)31-11-3-5-18(23(31)34)12-16-7-9-19(10-8-16)25(27,28)29/h2,4,6-10,13,18,24H,3,5,11-12,14H2,1H3,(H2,30,33). The molecule has 1 fully saturated rings. The van der Waals surface area contributed by atoms with E-state index in [1.165, 1.54) is 36.0 Å². The fourth-order valence-electron chi connectivity index (χ4n) is 4.55. The first-order valence-electron chi connectivity index (χ1n) is 11.2. The van der Waals surface area contributed by atoms with E-state index in [9.17, 15) is 27.2 Å². The number of benzene rings is 2. The quantitative estimate of drug-likeness (QED) is 0.567. The maximum Gasteiger partial charge on any atom is 0.416 e. The smallest absolute Gasteiger partial charge is 0.365 e. The number of carbonyl (C=O) groups excluding carboxylic acids is 2. The first kappa shape index (κ1) is 25.1. The summed E-state index contributed by atoms with van der Waals surface area (Å²) in [6.45, 7) is 2.50. The van der Waals surface area contributed by atoms with Gasteiger partial charge in [-0.25, -0.2) is 4.39 Å². The molecule has 0 saturated carbocycles. The lowest BCUT2D eigenvalue weighted by molar-refractivity contribution is -0.141. The van der Waals surface area contributed by atoms with Crippen LogP contribution in [0, 0.1) is 11.7 Å². The molecule has 0 radical (unpaired) electrons. The van der Waals surface area contributed by atoms with Gasteiger partial charge in [-0.05, 0) is 61.6 Å². The highest BCUT2D eigenvalue weighted by atomic mass is 32.2. The number of likely N-dealkylation sites (tertiary alicyclic amines) is 1. The number of piperidine rings is 1. The Hall–Kier alpha value is -3.01. The summed E-state index contributed by atoms with van der Waals surface area (Å²) in [5.41, 5.74) is 6.29. The van der Waals surface area contributed by atoms with Gasteiger partial charge >= 0.3 is 6.18 Å². The van der Waals surface area contributed by atoms with Crippen LogP contribution in [0.15, 0.2) is 59.1 Å². The Morgan fingerprint density at radius 3 is 2.49 bits per heavy atom. The predicted octanol–water partition coefficient (Wildman–Crippen LogP) is 4.88. The average molecular weight is 508 g/mol. The van der Waals surface area contributed by atoms with Gasteiger partial charge < -0.3 is 15.5 Å². The van der Waals surface area contributed by atoms with Crippen LogP contribution in [-0.4, -0.2) is 33.7 Å². The first-order valence-corrected chi connectivity index (χ1v) is 12.1. The van der Waals surface area contributed by atoms with E-state index in [1.54, 1.807) is 24.0 Å². The van der Waals surface area contributed by atoms with Gasteiger partial charge in [0, 0.05) is 24.7 Å². The molecule has 2 aliphatic rings. The fraction of sp³-hybridized carbons (Fsp3) is 0.360. The van der Waals surface area contributed by atoms with Crippen LogP contribution in [0.3, 0.4) is 0 Å². The second-order valence-corrected chi connectivity index (χ2v) is 9.82. The van der Waals surface area contributed by atoms with Crippen LogP contribution in [0.2, 0.25) is 0 Å². The lowest BCUT2D eigenvalue weighted by Gasteiger charge is -2.41. The number of allylic oxidation sites excluding steroid dienone is 1. The molecule has 10 heteroatoms. The normalized spacial score (nSPS) is 21.1. The third-order valence-corrected chi connectivity index (χ3v) is 7.78. The van der Waals surface area contributed by atoms with Crippen molar-refractivity contribution in [1.82, 2.24) is 9.80 Å². The molecule has 2 amide bonds. The summed E-state index contributed by atoms with van der Waals surface area (Å²) in [6, 6.07) is 11.0. The summed E-state index contributed by atoms with van der Waals surface area (Å²) in [5, 5.41) is 0. The summed E-state index contributed by atoms with van der Waals surface area (Å²) < 4.78 is 52.4. The van der Waals surface area contributed by atoms with Crippen molar-refractivity contribution in [3.63, 3.8) is 0 Å². The monoisotopic (exact) mass is 507 g/mol. The van der Waals surface area contributed by atoms with Crippen LogP contribution < -0.4 is 5.73 Å². The van der Waals surface area contributed by atoms with Crippen LogP contribution in [-0.2, 0) is 28.7 Å². The summed E-state index contributed by atoms with van der Waals surface area (Å²) >= 11 is 1.20. The Kier molecular flexibility index (Phi) is 7.12. The zero-order valence-electron chi connectivity index (χ0n) is 19.0. The number of rotatable bonds is 6. The molecule has 2 unspecified atom stereocenters. The van der Waals surface area contributed by atoms with Gasteiger partial charge in [0.15, 0.2) is 5.50 Å². The fourth-order valence-corrected chi connectivity index (χ4v) is 5.86. The number of halogens is 4. The number of hydrogen-bond acceptors (Lipinski definition) is 4. The van der Waals surface area contributed by atoms with Crippen LogP contribution in [0.1, 0.15) is 36.5 Å². The van der Waals surface area contributed by atoms with E-state index in [0.29, 0.717) is 47.5 Å². The Balaban J connectivity index is 1.54. The van der Waals surface area contributed by atoms with E-state index in [2.05, 4.69) is 0 Å².